The Hall–Kier alpha value is -2.08. The van der Waals surface area contributed by atoms with E-state index in [0.717, 1.165) is 5.56 Å². The number of nitriles is 1. The molecule has 0 fully saturated rings. The number of para-hydroxylation sites is 1. The number of methoxy groups -OCH3 is 1. The minimum Gasteiger partial charge on any atom is -0.496 e. The number of allylic oxidation sites excluding steroid dienone is 1. The van der Waals surface area contributed by atoms with E-state index in [1.807, 2.05) is 12.1 Å². The zero-order valence-electron chi connectivity index (χ0n) is 7.73. The van der Waals surface area contributed by atoms with E-state index in [1.54, 1.807) is 25.3 Å². The summed E-state index contributed by atoms with van der Waals surface area (Å²) >= 11 is 0. The highest BCUT2D eigenvalue weighted by atomic mass is 16.5. The maximum absolute atomic E-state index is 10.4. The number of carbonyl (C=O) groups excluding carboxylic acids is 1. The van der Waals surface area contributed by atoms with E-state index < -0.39 is 0 Å². The Morgan fingerprint density at radius 2 is 2.21 bits per heavy atom. The Morgan fingerprint density at radius 3 is 2.79 bits per heavy atom. The number of hydrogen-bond acceptors (Lipinski definition) is 3. The topological polar surface area (TPSA) is 50.1 Å². The highest BCUT2D eigenvalue weighted by Gasteiger charge is 1.99. The van der Waals surface area contributed by atoms with Crippen LogP contribution in [0.2, 0.25) is 0 Å². The Balaban J connectivity index is 3.14. The van der Waals surface area contributed by atoms with E-state index in [9.17, 15) is 4.79 Å². The summed E-state index contributed by atoms with van der Waals surface area (Å²) in [5.74, 6) is 0.641. The smallest absolute Gasteiger partial charge is 0.160 e. The lowest BCUT2D eigenvalue weighted by Gasteiger charge is -2.02. The van der Waals surface area contributed by atoms with Gasteiger partial charge in [0.25, 0.3) is 0 Å². The first-order valence-corrected chi connectivity index (χ1v) is 4.02. The standard InChI is InChI=1S/C11H9NO2/c1-14-11-5-3-2-4-10(11)6-9(7-12)8-13/h2-6,8H,1H3/b9-6+. The van der Waals surface area contributed by atoms with Gasteiger partial charge >= 0.3 is 0 Å². The van der Waals surface area contributed by atoms with Crippen LogP contribution in [0.25, 0.3) is 6.08 Å². The fourth-order valence-corrected chi connectivity index (χ4v) is 1.05. The maximum Gasteiger partial charge on any atom is 0.160 e. The molecule has 0 saturated heterocycles. The molecule has 3 nitrogen and oxygen atoms in total. The second-order valence-electron chi connectivity index (χ2n) is 2.57. The Morgan fingerprint density at radius 1 is 1.50 bits per heavy atom. The van der Waals surface area contributed by atoms with Crippen molar-refractivity contribution in [3.63, 3.8) is 0 Å². The van der Waals surface area contributed by atoms with E-state index >= 15 is 0 Å². The van der Waals surface area contributed by atoms with Crippen LogP contribution in [0.1, 0.15) is 5.56 Å². The van der Waals surface area contributed by atoms with Gasteiger partial charge in [-0.2, -0.15) is 5.26 Å². The van der Waals surface area contributed by atoms with Gasteiger partial charge in [-0.05, 0) is 12.1 Å². The average Bonchev–Trinajstić information content (AvgIpc) is 2.26. The Bertz CT molecular complexity index is 402. The third kappa shape index (κ3) is 2.20. The van der Waals surface area contributed by atoms with Crippen molar-refractivity contribution < 1.29 is 9.53 Å². The van der Waals surface area contributed by atoms with Crippen molar-refractivity contribution in [1.29, 1.82) is 5.26 Å². The molecule has 14 heavy (non-hydrogen) atoms. The summed E-state index contributed by atoms with van der Waals surface area (Å²) in [6.07, 6.45) is 2.01. The van der Waals surface area contributed by atoms with Gasteiger partial charge < -0.3 is 4.74 Å². The van der Waals surface area contributed by atoms with Crippen LogP contribution in [0.3, 0.4) is 0 Å². The van der Waals surface area contributed by atoms with E-state index in [-0.39, 0.29) is 5.57 Å². The van der Waals surface area contributed by atoms with Gasteiger partial charge in [-0.15, -0.1) is 0 Å². The third-order valence-electron chi connectivity index (χ3n) is 1.71. The predicted molar refractivity (Wildman–Crippen MR) is 52.6 cm³/mol. The summed E-state index contributed by atoms with van der Waals surface area (Å²) in [5, 5.41) is 8.56. The van der Waals surface area contributed by atoms with Gasteiger partial charge in [0.2, 0.25) is 0 Å². The fraction of sp³-hybridized carbons (Fsp3) is 0.0909. The number of nitrogens with zero attached hydrogens (tertiary/aromatic N) is 1. The number of benzene rings is 1. The first kappa shape index (κ1) is 10.0. The van der Waals surface area contributed by atoms with Crippen LogP contribution < -0.4 is 4.74 Å². The summed E-state index contributed by atoms with van der Waals surface area (Å²) in [5.41, 5.74) is 0.799. The van der Waals surface area contributed by atoms with Crippen LogP contribution in [-0.4, -0.2) is 13.4 Å². The lowest BCUT2D eigenvalue weighted by Crippen LogP contribution is -1.87. The van der Waals surface area contributed by atoms with Crippen molar-refractivity contribution in [3.8, 4) is 11.8 Å². The van der Waals surface area contributed by atoms with E-state index in [1.165, 1.54) is 6.08 Å². The number of carbonyl (C=O) groups is 1. The first-order chi connectivity index (χ1) is 6.81. The molecule has 1 aromatic carbocycles. The average molecular weight is 187 g/mol. The third-order valence-corrected chi connectivity index (χ3v) is 1.71. The Labute approximate surface area is 82.2 Å². The summed E-state index contributed by atoms with van der Waals surface area (Å²) in [4.78, 5) is 10.4. The molecule has 0 atom stereocenters. The molecule has 1 rings (SSSR count). The van der Waals surface area contributed by atoms with Crippen LogP contribution in [0.4, 0.5) is 0 Å². The largest absolute Gasteiger partial charge is 0.496 e. The lowest BCUT2D eigenvalue weighted by atomic mass is 10.1. The molecule has 1 aromatic rings. The quantitative estimate of drug-likeness (QED) is 0.412. The normalized spacial score (nSPS) is 10.4. The number of ether oxygens (including phenoxy) is 1. The van der Waals surface area contributed by atoms with Crippen LogP contribution in [0, 0.1) is 11.3 Å². The van der Waals surface area contributed by atoms with E-state index in [2.05, 4.69) is 0 Å². The first-order valence-electron chi connectivity index (χ1n) is 4.02. The Kier molecular flexibility index (Phi) is 3.45. The van der Waals surface area contributed by atoms with Crippen molar-refractivity contribution in [2.24, 2.45) is 0 Å². The van der Waals surface area contributed by atoms with E-state index in [0.29, 0.717) is 12.0 Å². The molecule has 0 aliphatic rings. The zero-order valence-corrected chi connectivity index (χ0v) is 7.73. The number of rotatable bonds is 3. The molecule has 0 radical (unpaired) electrons. The number of aldehydes is 1. The molecule has 0 amide bonds. The molecule has 0 aliphatic heterocycles. The van der Waals surface area contributed by atoms with Gasteiger partial charge in [-0.1, -0.05) is 18.2 Å². The monoisotopic (exact) mass is 187 g/mol. The van der Waals surface area contributed by atoms with Crippen LogP contribution in [0.15, 0.2) is 29.8 Å². The second kappa shape index (κ2) is 4.83. The van der Waals surface area contributed by atoms with Crippen LogP contribution >= 0.6 is 0 Å². The predicted octanol–water partition coefficient (Wildman–Crippen LogP) is 1.80. The van der Waals surface area contributed by atoms with Crippen molar-refractivity contribution in [2.45, 2.75) is 0 Å². The van der Waals surface area contributed by atoms with Crippen molar-refractivity contribution >= 4 is 12.4 Å². The van der Waals surface area contributed by atoms with E-state index in [4.69, 9.17) is 10.00 Å². The minimum atomic E-state index is 0.0782. The second-order valence-corrected chi connectivity index (χ2v) is 2.57. The molecule has 70 valence electrons. The molecule has 0 aliphatic carbocycles. The van der Waals surface area contributed by atoms with Gasteiger partial charge in [0.15, 0.2) is 6.29 Å². The maximum atomic E-state index is 10.4. The van der Waals surface area contributed by atoms with Gasteiger partial charge in [-0.3, -0.25) is 4.79 Å². The summed E-state index contributed by atoms with van der Waals surface area (Å²) in [6.45, 7) is 0. The zero-order chi connectivity index (χ0) is 10.4. The molecule has 0 saturated carbocycles. The molecule has 0 bridgehead atoms. The van der Waals surface area contributed by atoms with Crippen molar-refractivity contribution in [2.75, 3.05) is 7.11 Å². The molecule has 3 heteroatoms. The molecular formula is C11H9NO2. The van der Waals surface area contributed by atoms with Crippen LogP contribution in [0.5, 0.6) is 5.75 Å². The number of hydrogen-bond donors (Lipinski definition) is 0. The summed E-state index contributed by atoms with van der Waals surface area (Å²) < 4.78 is 5.07. The SMILES string of the molecule is COc1ccccc1/C=C(\C#N)C=O. The van der Waals surface area contributed by atoms with Crippen molar-refractivity contribution in [3.05, 3.63) is 35.4 Å². The lowest BCUT2D eigenvalue weighted by molar-refractivity contribution is -0.104. The molecule has 0 heterocycles. The summed E-state index contributed by atoms with van der Waals surface area (Å²) in [6, 6.07) is 8.97. The molecular weight excluding hydrogens is 178 g/mol. The van der Waals surface area contributed by atoms with Crippen molar-refractivity contribution in [1.82, 2.24) is 0 Å². The van der Waals surface area contributed by atoms with Crippen LogP contribution in [-0.2, 0) is 4.79 Å². The molecule has 0 spiro atoms. The highest BCUT2D eigenvalue weighted by molar-refractivity contribution is 5.87. The van der Waals surface area contributed by atoms with Gasteiger partial charge in [0.1, 0.15) is 11.8 Å². The molecule has 0 unspecified atom stereocenters. The highest BCUT2D eigenvalue weighted by Crippen LogP contribution is 2.19. The fourth-order valence-electron chi connectivity index (χ4n) is 1.05. The molecule has 0 N–H and O–H groups in total. The van der Waals surface area contributed by atoms with Gasteiger partial charge in [-0.25, -0.2) is 0 Å². The molecule has 0 aromatic heterocycles. The van der Waals surface area contributed by atoms with Gasteiger partial charge in [0, 0.05) is 5.56 Å². The minimum absolute atomic E-state index is 0.0782. The summed E-state index contributed by atoms with van der Waals surface area (Å²) in [7, 11) is 1.54. The van der Waals surface area contributed by atoms with Gasteiger partial charge in [0.05, 0.1) is 12.7 Å².